The standard InChI is InChI=1S/C17H17N3O5S/c1-24-12-3-2-4-13(9-12)26(22,23)20-8-6-17(11-20)14-5-7-18-10-15(14)19-16(21)25-17/h2-5,7,9-10H,6,8,11H2,1H3,(H-,19,21,22,23). The molecule has 0 radical (unpaired) electrons. The molecular formula is C17H17N3O5S. The molecule has 2 unspecified atom stereocenters. The first-order valence-electron chi connectivity index (χ1n) is 8.03. The third kappa shape index (κ3) is 2.64. The van der Waals surface area contributed by atoms with Gasteiger partial charge in [0.25, 0.3) is 0 Å². The molecule has 2 aromatic rings. The quantitative estimate of drug-likeness (QED) is 0.825. The van der Waals surface area contributed by atoms with E-state index < -0.39 is 22.1 Å². The Balaban J connectivity index is 1.68. The lowest BCUT2D eigenvalue weighted by Gasteiger charge is -2.35. The van der Waals surface area contributed by atoms with Crippen LogP contribution in [0.4, 0.5) is 10.5 Å². The van der Waals surface area contributed by atoms with Crippen molar-refractivity contribution in [2.45, 2.75) is 16.9 Å². The van der Waals surface area contributed by atoms with E-state index >= 15 is 0 Å². The van der Waals surface area contributed by atoms with Crippen LogP contribution in [-0.4, -0.2) is 40.1 Å². The summed E-state index contributed by atoms with van der Waals surface area (Å²) in [6.07, 6.45) is 2.91. The molecule has 8 nitrogen and oxygen atoms in total. The Bertz CT molecular complexity index is 921. The topological polar surface area (TPSA) is 104 Å². The number of methoxy groups -OCH3 is 1. The highest BCUT2D eigenvalue weighted by molar-refractivity contribution is 7.95. The van der Waals surface area contributed by atoms with E-state index in [1.54, 1.807) is 24.4 Å². The van der Waals surface area contributed by atoms with E-state index in [1.807, 2.05) is 0 Å². The van der Waals surface area contributed by atoms with Gasteiger partial charge in [0.1, 0.15) is 5.75 Å². The Labute approximate surface area is 151 Å². The molecular weight excluding hydrogens is 358 g/mol. The van der Waals surface area contributed by atoms with Gasteiger partial charge in [0.15, 0.2) is 20.9 Å². The highest BCUT2D eigenvalue weighted by Crippen LogP contribution is 2.44. The van der Waals surface area contributed by atoms with Crippen LogP contribution >= 0.6 is 0 Å². The summed E-state index contributed by atoms with van der Waals surface area (Å²) >= 11 is 0. The predicted octanol–water partition coefficient (Wildman–Crippen LogP) is 2.16. The normalized spacial score (nSPS) is 24.5. The summed E-state index contributed by atoms with van der Waals surface area (Å²) in [6, 6.07) is 8.06. The van der Waals surface area contributed by atoms with E-state index in [2.05, 4.69) is 10.3 Å². The predicted molar refractivity (Wildman–Crippen MR) is 92.3 cm³/mol. The number of anilines is 1. The number of pyridine rings is 1. The van der Waals surface area contributed by atoms with Crippen LogP contribution in [0.3, 0.4) is 0 Å². The summed E-state index contributed by atoms with van der Waals surface area (Å²) in [5.74, 6) is 0.463. The van der Waals surface area contributed by atoms with Crippen LogP contribution in [0.1, 0.15) is 12.0 Å². The Morgan fingerprint density at radius 3 is 3.08 bits per heavy atom. The zero-order valence-corrected chi connectivity index (χ0v) is 14.8. The highest BCUT2D eigenvalue weighted by atomic mass is 32.3. The van der Waals surface area contributed by atoms with Crippen LogP contribution in [0.2, 0.25) is 0 Å². The van der Waals surface area contributed by atoms with E-state index in [9.17, 15) is 13.6 Å². The van der Waals surface area contributed by atoms with E-state index in [1.165, 1.54) is 29.7 Å². The number of nitrogens with one attached hydrogen (secondary N) is 1. The summed E-state index contributed by atoms with van der Waals surface area (Å²) in [5, 5.41) is 2.60. The molecule has 0 bridgehead atoms. The highest BCUT2D eigenvalue weighted by Gasteiger charge is 2.52. The van der Waals surface area contributed by atoms with Gasteiger partial charge in [0, 0.05) is 30.8 Å². The molecule has 2 aliphatic rings. The largest absolute Gasteiger partial charge is 0.593 e. The minimum atomic E-state index is -3.74. The fraction of sp³-hybridized carbons (Fsp3) is 0.294. The molecule has 1 fully saturated rings. The second-order valence-corrected chi connectivity index (χ2v) is 8.14. The van der Waals surface area contributed by atoms with Gasteiger partial charge in [-0.2, -0.15) is 0 Å². The first kappa shape index (κ1) is 17.0. The fourth-order valence-corrected chi connectivity index (χ4v) is 4.95. The summed E-state index contributed by atoms with van der Waals surface area (Å²) in [6.45, 7) is 0.297. The number of aromatic nitrogens is 1. The second kappa shape index (κ2) is 6.04. The zero-order valence-electron chi connectivity index (χ0n) is 14.0. The number of sulfonamides is 1. The van der Waals surface area contributed by atoms with Crippen LogP contribution in [-0.2, 0) is 24.9 Å². The lowest BCUT2D eigenvalue weighted by atomic mass is 9.91. The zero-order chi connectivity index (χ0) is 18.4. The average molecular weight is 375 g/mol. The maximum atomic E-state index is 13.0. The Morgan fingerprint density at radius 2 is 2.27 bits per heavy atom. The minimum Gasteiger partial charge on any atom is -0.593 e. The van der Waals surface area contributed by atoms with Crippen molar-refractivity contribution in [3.63, 3.8) is 0 Å². The molecule has 0 aliphatic carbocycles. The van der Waals surface area contributed by atoms with Crippen LogP contribution in [0.5, 0.6) is 5.75 Å². The van der Waals surface area contributed by atoms with Crippen molar-refractivity contribution in [1.29, 1.82) is 0 Å². The van der Waals surface area contributed by atoms with Crippen molar-refractivity contribution >= 4 is 22.2 Å². The van der Waals surface area contributed by atoms with Gasteiger partial charge < -0.3 is 14.0 Å². The molecule has 3 heterocycles. The Kier molecular flexibility index (Phi) is 3.94. The smallest absolute Gasteiger partial charge is 0.412 e. The summed E-state index contributed by atoms with van der Waals surface area (Å²) in [4.78, 5) is 16.1. The van der Waals surface area contributed by atoms with Gasteiger partial charge in [-0.05, 0) is 18.2 Å². The van der Waals surface area contributed by atoms with Crippen molar-refractivity contribution < 1.29 is 23.0 Å². The maximum Gasteiger partial charge on any atom is 0.412 e. The van der Waals surface area contributed by atoms with Gasteiger partial charge in [0.05, 0.1) is 25.5 Å². The molecule has 136 valence electrons. The van der Waals surface area contributed by atoms with E-state index in [4.69, 9.17) is 9.47 Å². The SMILES string of the molecule is COc1cccc([S+](=O)([O-])N2CCC3(C2)OC(=O)Nc2cnccc23)c1. The molecule has 4 rings (SSSR count). The number of fused-ring (bicyclic) bond motifs is 2. The van der Waals surface area contributed by atoms with Gasteiger partial charge >= 0.3 is 6.09 Å². The second-order valence-electron chi connectivity index (χ2n) is 6.20. The van der Waals surface area contributed by atoms with Crippen LogP contribution < -0.4 is 10.1 Å². The van der Waals surface area contributed by atoms with Crippen molar-refractivity contribution in [2.75, 3.05) is 25.5 Å². The van der Waals surface area contributed by atoms with E-state index in [0.717, 1.165) is 5.56 Å². The lowest BCUT2D eigenvalue weighted by Crippen LogP contribution is -2.43. The van der Waals surface area contributed by atoms with Crippen LogP contribution in [0.25, 0.3) is 0 Å². The third-order valence-corrected chi connectivity index (χ3v) is 6.55. The number of hydrogen-bond acceptors (Lipinski definition) is 6. The molecule has 9 heteroatoms. The molecule has 1 saturated heterocycles. The minimum absolute atomic E-state index is 0.0526. The first-order chi connectivity index (χ1) is 12.4. The van der Waals surface area contributed by atoms with Crippen molar-refractivity contribution in [1.82, 2.24) is 9.29 Å². The van der Waals surface area contributed by atoms with Gasteiger partial charge in [-0.1, -0.05) is 10.3 Å². The van der Waals surface area contributed by atoms with Crippen LogP contribution in [0.15, 0.2) is 47.6 Å². The van der Waals surface area contributed by atoms with Gasteiger partial charge in [-0.3, -0.25) is 10.3 Å². The van der Waals surface area contributed by atoms with E-state index in [0.29, 0.717) is 17.9 Å². The Hall–Kier alpha value is -2.49. The number of rotatable bonds is 3. The molecule has 1 spiro atoms. The molecule has 2 aliphatic heterocycles. The molecule has 1 amide bonds. The molecule has 1 N–H and O–H groups in total. The number of amides is 1. The monoisotopic (exact) mass is 375 g/mol. The number of benzene rings is 1. The average Bonchev–Trinajstić information content (AvgIpc) is 3.07. The summed E-state index contributed by atoms with van der Waals surface area (Å²) in [7, 11) is -2.26. The van der Waals surface area contributed by atoms with Crippen molar-refractivity contribution in [3.05, 3.63) is 48.3 Å². The number of carbonyl (C=O) groups is 1. The molecule has 2 atom stereocenters. The first-order valence-corrected chi connectivity index (χ1v) is 9.47. The Morgan fingerprint density at radius 1 is 1.42 bits per heavy atom. The van der Waals surface area contributed by atoms with Gasteiger partial charge in [0.2, 0.25) is 0 Å². The number of ether oxygens (including phenoxy) is 2. The van der Waals surface area contributed by atoms with Crippen molar-refractivity contribution in [3.8, 4) is 5.75 Å². The number of hydrogen-bond donors (Lipinski definition) is 1. The van der Waals surface area contributed by atoms with Gasteiger partial charge in [-0.25, -0.2) is 4.79 Å². The number of carbonyl (C=O) groups excluding carboxylic acids is 1. The molecule has 1 aromatic carbocycles. The number of nitrogens with zero attached hydrogens (tertiary/aromatic N) is 2. The van der Waals surface area contributed by atoms with Crippen LogP contribution in [0, 0.1) is 0 Å². The van der Waals surface area contributed by atoms with E-state index in [-0.39, 0.29) is 18.0 Å². The summed E-state index contributed by atoms with van der Waals surface area (Å²) in [5.41, 5.74) is 0.270. The lowest BCUT2D eigenvalue weighted by molar-refractivity contribution is 0.0232. The fourth-order valence-electron chi connectivity index (χ4n) is 3.43. The maximum absolute atomic E-state index is 13.0. The summed E-state index contributed by atoms with van der Waals surface area (Å²) < 4.78 is 38.1. The molecule has 0 saturated carbocycles. The molecule has 26 heavy (non-hydrogen) atoms. The third-order valence-electron chi connectivity index (χ3n) is 4.71. The molecule has 1 aromatic heterocycles. The van der Waals surface area contributed by atoms with Crippen molar-refractivity contribution in [2.24, 2.45) is 0 Å². The van der Waals surface area contributed by atoms with Gasteiger partial charge in [-0.15, -0.1) is 4.31 Å².